The number of fused-ring (bicyclic) bond motifs is 1. The van der Waals surface area contributed by atoms with Gasteiger partial charge in [-0.25, -0.2) is 9.78 Å². The maximum absolute atomic E-state index is 12.4. The number of hydrogen-bond donors (Lipinski definition) is 2. The molecule has 8 nitrogen and oxygen atoms in total. The zero-order valence-electron chi connectivity index (χ0n) is 18.3. The summed E-state index contributed by atoms with van der Waals surface area (Å²) in [7, 11) is 0. The Labute approximate surface area is 196 Å². The highest BCUT2D eigenvalue weighted by Gasteiger charge is 2.40. The minimum absolute atomic E-state index is 0.0855. The average Bonchev–Trinajstić information content (AvgIpc) is 2.83. The summed E-state index contributed by atoms with van der Waals surface area (Å²) < 4.78 is 5.63. The lowest BCUT2D eigenvalue weighted by Crippen LogP contribution is -2.50. The molecule has 170 valence electrons. The number of nitrogens with zero attached hydrogens (tertiary/aromatic N) is 3. The molecule has 0 radical (unpaired) electrons. The van der Waals surface area contributed by atoms with Gasteiger partial charge in [-0.05, 0) is 36.5 Å². The molecule has 34 heavy (non-hydrogen) atoms. The van der Waals surface area contributed by atoms with Gasteiger partial charge in [0.15, 0.2) is 6.61 Å². The van der Waals surface area contributed by atoms with Crippen LogP contribution in [0.15, 0.2) is 60.7 Å². The standard InChI is InChI=1S/C26H22N4O4/c27-13-14-30-21-15-20(17-5-2-1-3-6-17)23(28-24(21)34-16-22(30)31)18-7-9-19(10-8-18)26(11-4-12-26)29-25(32)33/h1-3,5-10,15,29H,4,11-12,14,16H2,(H,32,33). The Balaban J connectivity index is 1.61. The van der Waals surface area contributed by atoms with Crippen molar-refractivity contribution in [1.29, 1.82) is 5.26 Å². The van der Waals surface area contributed by atoms with Gasteiger partial charge in [0.1, 0.15) is 12.2 Å². The first-order valence-corrected chi connectivity index (χ1v) is 11.0. The summed E-state index contributed by atoms with van der Waals surface area (Å²) in [6.45, 7) is -0.258. The number of rotatable bonds is 5. The number of nitriles is 1. The smallest absolute Gasteiger partial charge is 0.405 e. The predicted octanol–water partition coefficient (Wildman–Crippen LogP) is 4.31. The number of amides is 2. The molecule has 1 saturated carbocycles. The Bertz CT molecular complexity index is 1290. The molecule has 2 aliphatic rings. The van der Waals surface area contributed by atoms with Crippen LogP contribution in [-0.4, -0.2) is 35.2 Å². The van der Waals surface area contributed by atoms with Gasteiger partial charge in [-0.3, -0.25) is 9.69 Å². The third-order valence-corrected chi connectivity index (χ3v) is 6.47. The van der Waals surface area contributed by atoms with Crippen molar-refractivity contribution < 1.29 is 19.4 Å². The number of hydrogen-bond acceptors (Lipinski definition) is 5. The van der Waals surface area contributed by atoms with E-state index in [0.29, 0.717) is 17.3 Å². The molecule has 2 heterocycles. The number of pyridine rings is 1. The lowest BCUT2D eigenvalue weighted by molar-refractivity contribution is -0.121. The van der Waals surface area contributed by atoms with Crippen molar-refractivity contribution in [3.8, 4) is 34.3 Å². The van der Waals surface area contributed by atoms with Crippen LogP contribution in [-0.2, 0) is 10.3 Å². The molecule has 1 aromatic heterocycles. The predicted molar refractivity (Wildman–Crippen MR) is 125 cm³/mol. The molecule has 2 aromatic carbocycles. The van der Waals surface area contributed by atoms with Crippen LogP contribution in [0.1, 0.15) is 24.8 Å². The average molecular weight is 454 g/mol. The minimum Gasteiger partial charge on any atom is -0.466 e. The van der Waals surface area contributed by atoms with Crippen LogP contribution in [0.4, 0.5) is 10.5 Å². The minimum atomic E-state index is -1.03. The van der Waals surface area contributed by atoms with Crippen molar-refractivity contribution in [3.63, 3.8) is 0 Å². The van der Waals surface area contributed by atoms with Gasteiger partial charge in [-0.1, -0.05) is 54.6 Å². The van der Waals surface area contributed by atoms with E-state index in [2.05, 4.69) is 5.32 Å². The quantitative estimate of drug-likeness (QED) is 0.555. The van der Waals surface area contributed by atoms with E-state index in [0.717, 1.165) is 41.5 Å². The Hall–Kier alpha value is -4.38. The van der Waals surface area contributed by atoms with Gasteiger partial charge in [0, 0.05) is 11.1 Å². The van der Waals surface area contributed by atoms with Crippen LogP contribution in [0, 0.1) is 11.3 Å². The normalized spacial score (nSPS) is 16.0. The number of benzene rings is 2. The van der Waals surface area contributed by atoms with E-state index < -0.39 is 11.6 Å². The summed E-state index contributed by atoms with van der Waals surface area (Å²) in [4.78, 5) is 29.8. The summed E-state index contributed by atoms with van der Waals surface area (Å²) in [5.74, 6) is 0.0142. The molecule has 3 aromatic rings. The number of ether oxygens (including phenoxy) is 1. The van der Waals surface area contributed by atoms with E-state index in [4.69, 9.17) is 9.72 Å². The van der Waals surface area contributed by atoms with Crippen molar-refractivity contribution >= 4 is 17.7 Å². The highest BCUT2D eigenvalue weighted by atomic mass is 16.5. The van der Waals surface area contributed by atoms with Crippen LogP contribution in [0.3, 0.4) is 0 Å². The van der Waals surface area contributed by atoms with Crippen LogP contribution in [0.25, 0.3) is 22.4 Å². The first kappa shape index (κ1) is 21.5. The van der Waals surface area contributed by atoms with E-state index >= 15 is 0 Å². The molecule has 1 aliphatic carbocycles. The van der Waals surface area contributed by atoms with Gasteiger partial charge < -0.3 is 15.2 Å². The van der Waals surface area contributed by atoms with Crippen LogP contribution in [0.2, 0.25) is 0 Å². The summed E-state index contributed by atoms with van der Waals surface area (Å²) in [6.07, 6.45) is 1.48. The second-order valence-electron chi connectivity index (χ2n) is 8.44. The number of aromatic nitrogens is 1. The first-order valence-electron chi connectivity index (χ1n) is 11.0. The molecule has 5 rings (SSSR count). The van der Waals surface area contributed by atoms with Gasteiger partial charge in [-0.2, -0.15) is 5.26 Å². The van der Waals surface area contributed by atoms with Crippen molar-refractivity contribution in [3.05, 3.63) is 66.2 Å². The molecule has 0 bridgehead atoms. The third-order valence-electron chi connectivity index (χ3n) is 6.47. The van der Waals surface area contributed by atoms with Gasteiger partial charge in [-0.15, -0.1) is 0 Å². The summed E-state index contributed by atoms with van der Waals surface area (Å²) in [5, 5.41) is 21.2. The fourth-order valence-corrected chi connectivity index (χ4v) is 4.60. The fourth-order valence-electron chi connectivity index (χ4n) is 4.60. The molecule has 1 fully saturated rings. The molecule has 1 aliphatic heterocycles. The largest absolute Gasteiger partial charge is 0.466 e. The Kier molecular flexibility index (Phi) is 5.38. The Morgan fingerprint density at radius 2 is 1.88 bits per heavy atom. The third kappa shape index (κ3) is 3.71. The number of carbonyl (C=O) groups is 2. The van der Waals surface area contributed by atoms with Crippen LogP contribution < -0.4 is 15.0 Å². The molecular formula is C26H22N4O4. The van der Waals surface area contributed by atoms with Gasteiger partial charge in [0.05, 0.1) is 17.3 Å². The molecular weight excluding hydrogens is 432 g/mol. The van der Waals surface area contributed by atoms with E-state index in [1.165, 1.54) is 4.90 Å². The van der Waals surface area contributed by atoms with Gasteiger partial charge in [0.2, 0.25) is 5.88 Å². The lowest BCUT2D eigenvalue weighted by Gasteiger charge is -2.42. The molecule has 0 spiro atoms. The number of carbonyl (C=O) groups excluding carboxylic acids is 1. The second kappa shape index (κ2) is 8.52. The highest BCUT2D eigenvalue weighted by Crippen LogP contribution is 2.43. The van der Waals surface area contributed by atoms with Gasteiger partial charge in [0.25, 0.3) is 5.91 Å². The van der Waals surface area contributed by atoms with Crippen molar-refractivity contribution in [2.24, 2.45) is 0 Å². The second-order valence-corrected chi connectivity index (χ2v) is 8.44. The van der Waals surface area contributed by atoms with Crippen LogP contribution in [0.5, 0.6) is 5.88 Å². The van der Waals surface area contributed by atoms with Crippen molar-refractivity contribution in [2.75, 3.05) is 18.1 Å². The maximum atomic E-state index is 12.4. The summed E-state index contributed by atoms with van der Waals surface area (Å²) >= 11 is 0. The van der Waals surface area contributed by atoms with Crippen molar-refractivity contribution in [2.45, 2.75) is 24.8 Å². The van der Waals surface area contributed by atoms with E-state index in [1.807, 2.05) is 66.7 Å². The van der Waals surface area contributed by atoms with E-state index in [1.54, 1.807) is 0 Å². The Morgan fingerprint density at radius 1 is 1.15 bits per heavy atom. The fraction of sp³-hybridized carbons (Fsp3) is 0.231. The van der Waals surface area contributed by atoms with Gasteiger partial charge >= 0.3 is 6.09 Å². The molecule has 2 amide bonds. The molecule has 8 heteroatoms. The SMILES string of the molecule is N#CCN1C(=O)COc2nc(-c3ccc(C4(NC(=O)O)CCC4)cc3)c(-c3ccccc3)cc21. The Morgan fingerprint density at radius 3 is 2.50 bits per heavy atom. The maximum Gasteiger partial charge on any atom is 0.405 e. The highest BCUT2D eigenvalue weighted by molar-refractivity contribution is 5.99. The van der Waals surface area contributed by atoms with Crippen molar-refractivity contribution in [1.82, 2.24) is 10.3 Å². The monoisotopic (exact) mass is 454 g/mol. The number of anilines is 1. The molecule has 0 saturated heterocycles. The summed E-state index contributed by atoms with van der Waals surface area (Å²) in [6, 6.07) is 21.3. The summed E-state index contributed by atoms with van der Waals surface area (Å²) in [5.41, 5.74) is 4.07. The first-order chi connectivity index (χ1) is 16.5. The molecule has 2 N–H and O–H groups in total. The van der Waals surface area contributed by atoms with E-state index in [9.17, 15) is 20.0 Å². The number of nitrogens with one attached hydrogen (secondary N) is 1. The zero-order chi connectivity index (χ0) is 23.7. The number of carboxylic acid groups (broad SMARTS) is 1. The molecule has 0 atom stereocenters. The molecule has 0 unspecified atom stereocenters. The van der Waals surface area contributed by atoms with E-state index in [-0.39, 0.29) is 19.1 Å². The topological polar surface area (TPSA) is 116 Å². The zero-order valence-corrected chi connectivity index (χ0v) is 18.3. The van der Waals surface area contributed by atoms with Crippen LogP contribution >= 0.6 is 0 Å². The lowest BCUT2D eigenvalue weighted by atomic mass is 9.71.